The second-order valence-electron chi connectivity index (χ2n) is 6.85. The lowest BCUT2D eigenvalue weighted by molar-refractivity contribution is -0.138. The van der Waals surface area contributed by atoms with Crippen LogP contribution in [0.15, 0.2) is 60.2 Å². The maximum Gasteiger partial charge on any atom is 0.257 e. The number of carbonyl (C=O) groups excluding carboxylic acids is 3. The van der Waals surface area contributed by atoms with Crippen molar-refractivity contribution in [1.29, 1.82) is 0 Å². The first-order valence-corrected chi connectivity index (χ1v) is 9.56. The van der Waals surface area contributed by atoms with E-state index in [0.717, 1.165) is 24.0 Å². The lowest BCUT2D eigenvalue weighted by Gasteiger charge is -2.13. The van der Waals surface area contributed by atoms with Gasteiger partial charge in [-0.1, -0.05) is 55.8 Å². The summed E-state index contributed by atoms with van der Waals surface area (Å²) < 4.78 is 0. The van der Waals surface area contributed by atoms with E-state index in [1.165, 1.54) is 4.90 Å². The fourth-order valence-corrected chi connectivity index (χ4v) is 3.11. The molecule has 0 aliphatic carbocycles. The van der Waals surface area contributed by atoms with Gasteiger partial charge in [-0.05, 0) is 35.8 Å². The van der Waals surface area contributed by atoms with Gasteiger partial charge in [0.15, 0.2) is 0 Å². The van der Waals surface area contributed by atoms with Gasteiger partial charge in [0.2, 0.25) is 5.91 Å². The molecular weight excluding hydrogens is 352 g/mol. The molecule has 1 N–H and O–H groups in total. The summed E-state index contributed by atoms with van der Waals surface area (Å²) in [5, 5.41) is 2.88. The highest BCUT2D eigenvalue weighted by molar-refractivity contribution is 6.15. The molecule has 1 saturated heterocycles. The predicted octanol–water partition coefficient (Wildman–Crippen LogP) is 3.56. The van der Waals surface area contributed by atoms with Crippen molar-refractivity contribution in [1.82, 2.24) is 10.2 Å². The van der Waals surface area contributed by atoms with Crippen LogP contribution in [-0.4, -0.2) is 29.2 Å². The highest BCUT2D eigenvalue weighted by Gasteiger charge is 2.33. The number of benzene rings is 2. The zero-order valence-electron chi connectivity index (χ0n) is 16.0. The van der Waals surface area contributed by atoms with E-state index in [1.54, 1.807) is 24.3 Å². The number of carbonyl (C=O) groups is 3. The fraction of sp³-hybridized carbons (Fsp3) is 0.261. The molecule has 1 heterocycles. The molecule has 3 rings (SSSR count). The SMILES string of the molecule is CCCCNC(=O)c1cccc(/C=C2\CC(=O)N(Cc3ccccc3)C2=O)c1. The van der Waals surface area contributed by atoms with E-state index in [1.807, 2.05) is 36.4 Å². The zero-order valence-corrected chi connectivity index (χ0v) is 16.0. The van der Waals surface area contributed by atoms with Crippen molar-refractivity contribution in [2.24, 2.45) is 0 Å². The summed E-state index contributed by atoms with van der Waals surface area (Å²) in [7, 11) is 0. The van der Waals surface area contributed by atoms with Gasteiger partial charge >= 0.3 is 0 Å². The van der Waals surface area contributed by atoms with Gasteiger partial charge in [0.05, 0.1) is 13.0 Å². The van der Waals surface area contributed by atoms with Gasteiger partial charge < -0.3 is 5.32 Å². The normalized spacial score (nSPS) is 15.3. The van der Waals surface area contributed by atoms with E-state index in [-0.39, 0.29) is 30.7 Å². The van der Waals surface area contributed by atoms with E-state index < -0.39 is 0 Å². The molecule has 0 bridgehead atoms. The Bertz CT molecular complexity index is 903. The first kappa shape index (κ1) is 19.5. The zero-order chi connectivity index (χ0) is 19.9. The van der Waals surface area contributed by atoms with Crippen molar-refractivity contribution in [3.05, 3.63) is 76.9 Å². The van der Waals surface area contributed by atoms with Gasteiger partial charge in [-0.25, -0.2) is 0 Å². The van der Waals surface area contributed by atoms with Crippen molar-refractivity contribution in [2.45, 2.75) is 32.7 Å². The minimum Gasteiger partial charge on any atom is -0.352 e. The molecule has 5 heteroatoms. The fourth-order valence-electron chi connectivity index (χ4n) is 3.11. The molecule has 0 atom stereocenters. The summed E-state index contributed by atoms with van der Waals surface area (Å²) in [4.78, 5) is 38.5. The van der Waals surface area contributed by atoms with Crippen LogP contribution in [0, 0.1) is 0 Å². The Morgan fingerprint density at radius 1 is 1.11 bits per heavy atom. The van der Waals surface area contributed by atoms with Crippen molar-refractivity contribution >= 4 is 23.8 Å². The van der Waals surface area contributed by atoms with Crippen LogP contribution < -0.4 is 5.32 Å². The minimum atomic E-state index is -0.272. The monoisotopic (exact) mass is 376 g/mol. The Morgan fingerprint density at radius 2 is 1.89 bits per heavy atom. The summed E-state index contributed by atoms with van der Waals surface area (Å²) in [6.07, 6.45) is 3.73. The highest BCUT2D eigenvalue weighted by Crippen LogP contribution is 2.23. The highest BCUT2D eigenvalue weighted by atomic mass is 16.2. The summed E-state index contributed by atoms with van der Waals surface area (Å²) in [6, 6.07) is 16.5. The maximum atomic E-state index is 12.7. The number of hydrogen-bond acceptors (Lipinski definition) is 3. The number of rotatable bonds is 7. The van der Waals surface area contributed by atoms with E-state index in [2.05, 4.69) is 12.2 Å². The van der Waals surface area contributed by atoms with Crippen molar-refractivity contribution < 1.29 is 14.4 Å². The standard InChI is InChI=1S/C23H24N2O3/c1-2-3-12-24-22(27)19-11-7-10-18(13-19)14-20-15-21(26)25(23(20)28)16-17-8-5-4-6-9-17/h4-11,13-14H,2-3,12,15-16H2,1H3,(H,24,27)/b20-14+. The van der Waals surface area contributed by atoms with E-state index in [0.29, 0.717) is 17.7 Å². The van der Waals surface area contributed by atoms with Crippen molar-refractivity contribution in [3.8, 4) is 0 Å². The van der Waals surface area contributed by atoms with Gasteiger partial charge in [0, 0.05) is 17.7 Å². The van der Waals surface area contributed by atoms with Gasteiger partial charge in [-0.15, -0.1) is 0 Å². The number of nitrogens with one attached hydrogen (secondary N) is 1. The number of amides is 3. The third kappa shape index (κ3) is 4.74. The number of unbranched alkanes of at least 4 members (excludes halogenated alkanes) is 1. The first-order valence-electron chi connectivity index (χ1n) is 9.56. The molecule has 3 amide bonds. The lowest BCUT2D eigenvalue weighted by atomic mass is 10.1. The van der Waals surface area contributed by atoms with E-state index in [9.17, 15) is 14.4 Å². The van der Waals surface area contributed by atoms with E-state index >= 15 is 0 Å². The Labute approximate surface area is 165 Å². The van der Waals surface area contributed by atoms with Gasteiger partial charge in [-0.2, -0.15) is 0 Å². The Hall–Kier alpha value is -3.21. The van der Waals surface area contributed by atoms with Crippen molar-refractivity contribution in [2.75, 3.05) is 6.54 Å². The number of imide groups is 1. The minimum absolute atomic E-state index is 0.0819. The van der Waals surface area contributed by atoms with Gasteiger partial charge in [0.25, 0.3) is 11.8 Å². The van der Waals surface area contributed by atoms with Gasteiger partial charge in [-0.3, -0.25) is 19.3 Å². The van der Waals surface area contributed by atoms with Crippen LogP contribution in [0.2, 0.25) is 0 Å². The second-order valence-corrected chi connectivity index (χ2v) is 6.85. The average molecular weight is 376 g/mol. The molecule has 5 nitrogen and oxygen atoms in total. The van der Waals surface area contributed by atoms with Crippen molar-refractivity contribution in [3.63, 3.8) is 0 Å². The Balaban J connectivity index is 1.73. The number of likely N-dealkylation sites (tertiary alicyclic amines) is 1. The van der Waals surface area contributed by atoms with Crippen LogP contribution in [-0.2, 0) is 16.1 Å². The topological polar surface area (TPSA) is 66.5 Å². The molecule has 0 spiro atoms. The molecule has 1 aliphatic heterocycles. The summed E-state index contributed by atoms with van der Waals surface area (Å²) >= 11 is 0. The van der Waals surface area contributed by atoms with Gasteiger partial charge in [0.1, 0.15) is 0 Å². The molecule has 0 radical (unpaired) electrons. The largest absolute Gasteiger partial charge is 0.352 e. The molecule has 0 saturated carbocycles. The lowest BCUT2D eigenvalue weighted by Crippen LogP contribution is -2.28. The van der Waals surface area contributed by atoms with Crippen LogP contribution in [0.25, 0.3) is 6.08 Å². The Kier molecular flexibility index (Phi) is 6.37. The molecule has 28 heavy (non-hydrogen) atoms. The molecule has 1 fully saturated rings. The third-order valence-electron chi connectivity index (χ3n) is 4.65. The quantitative estimate of drug-likeness (QED) is 0.456. The molecule has 2 aromatic carbocycles. The molecule has 144 valence electrons. The molecule has 0 aromatic heterocycles. The smallest absolute Gasteiger partial charge is 0.257 e. The predicted molar refractivity (Wildman–Crippen MR) is 108 cm³/mol. The molecular formula is C23H24N2O3. The average Bonchev–Trinajstić information content (AvgIpc) is 2.96. The maximum absolute atomic E-state index is 12.7. The van der Waals surface area contributed by atoms with Crippen LogP contribution >= 0.6 is 0 Å². The number of hydrogen-bond donors (Lipinski definition) is 1. The second kappa shape index (κ2) is 9.13. The first-order chi connectivity index (χ1) is 13.6. The number of nitrogens with zero attached hydrogens (tertiary/aromatic N) is 1. The summed E-state index contributed by atoms with van der Waals surface area (Å²) in [5.41, 5.74) is 2.64. The molecule has 2 aromatic rings. The third-order valence-corrected chi connectivity index (χ3v) is 4.65. The van der Waals surface area contributed by atoms with Crippen LogP contribution in [0.1, 0.15) is 47.7 Å². The Morgan fingerprint density at radius 3 is 2.64 bits per heavy atom. The van der Waals surface area contributed by atoms with Crippen LogP contribution in [0.5, 0.6) is 0 Å². The van der Waals surface area contributed by atoms with Crippen LogP contribution in [0.4, 0.5) is 0 Å². The molecule has 1 aliphatic rings. The van der Waals surface area contributed by atoms with E-state index in [4.69, 9.17) is 0 Å². The summed E-state index contributed by atoms with van der Waals surface area (Å²) in [6.45, 7) is 2.98. The van der Waals surface area contributed by atoms with Crippen LogP contribution in [0.3, 0.4) is 0 Å². The molecule has 0 unspecified atom stereocenters. The summed E-state index contributed by atoms with van der Waals surface area (Å²) in [5.74, 6) is -0.603.